The molecule has 31 heavy (non-hydrogen) atoms. The van der Waals surface area contributed by atoms with Crippen LogP contribution >= 0.6 is 0 Å². The van der Waals surface area contributed by atoms with Crippen LogP contribution in [-0.4, -0.2) is 18.9 Å². The van der Waals surface area contributed by atoms with E-state index < -0.39 is 16.0 Å². The Morgan fingerprint density at radius 2 is 1.55 bits per heavy atom. The van der Waals surface area contributed by atoms with Crippen LogP contribution in [0.1, 0.15) is 5.56 Å². The molecular weight excluding hydrogens is 414 g/mol. The van der Waals surface area contributed by atoms with Crippen molar-refractivity contribution in [3.05, 3.63) is 102 Å². The smallest absolute Gasteiger partial charge is 0.294 e. The fourth-order valence-corrected chi connectivity index (χ4v) is 3.29. The van der Waals surface area contributed by atoms with Crippen LogP contribution < -0.4 is 10.2 Å². The SMILES string of the molecule is N#C/C(=C/N(Cc1ccccc1)c1ccccc1)C(=O)Nc1ccc(S(=O)(=O)O)cc1. The van der Waals surface area contributed by atoms with Crippen LogP contribution in [0, 0.1) is 11.3 Å². The fourth-order valence-electron chi connectivity index (χ4n) is 2.81. The molecule has 0 unspecified atom stereocenters. The number of benzene rings is 3. The standard InChI is InChI=1S/C23H19N3O4S/c24-15-19(23(27)25-20-11-13-22(14-12-20)31(28,29)30)17-26(21-9-5-2-6-10-21)16-18-7-3-1-4-8-18/h1-14,17H,16H2,(H,25,27)(H,28,29,30)/b19-17-. The second kappa shape index (κ2) is 9.71. The summed E-state index contributed by atoms with van der Waals surface area (Å²) in [7, 11) is -4.33. The molecule has 0 saturated heterocycles. The number of carbonyl (C=O) groups is 1. The first-order valence-corrected chi connectivity index (χ1v) is 10.7. The van der Waals surface area contributed by atoms with Crippen LogP contribution in [-0.2, 0) is 21.5 Å². The second-order valence-corrected chi connectivity index (χ2v) is 7.98. The lowest BCUT2D eigenvalue weighted by Crippen LogP contribution is -2.20. The number of hydrogen-bond acceptors (Lipinski definition) is 5. The molecule has 7 nitrogen and oxygen atoms in total. The molecule has 156 valence electrons. The van der Waals surface area contributed by atoms with Gasteiger partial charge in [0.25, 0.3) is 16.0 Å². The van der Waals surface area contributed by atoms with Gasteiger partial charge in [-0.1, -0.05) is 48.5 Å². The highest BCUT2D eigenvalue weighted by Gasteiger charge is 2.14. The van der Waals surface area contributed by atoms with Crippen LogP contribution in [0.25, 0.3) is 0 Å². The molecule has 8 heteroatoms. The maximum atomic E-state index is 12.6. The van der Waals surface area contributed by atoms with E-state index in [9.17, 15) is 18.5 Å². The minimum atomic E-state index is -4.33. The van der Waals surface area contributed by atoms with Gasteiger partial charge < -0.3 is 10.2 Å². The zero-order valence-corrected chi connectivity index (χ0v) is 17.2. The molecule has 0 aliphatic carbocycles. The second-order valence-electron chi connectivity index (χ2n) is 6.56. The van der Waals surface area contributed by atoms with Crippen molar-refractivity contribution in [1.29, 1.82) is 5.26 Å². The average Bonchev–Trinajstić information content (AvgIpc) is 2.77. The fraction of sp³-hybridized carbons (Fsp3) is 0.0435. The minimum absolute atomic E-state index is 0.126. The molecule has 0 radical (unpaired) electrons. The number of para-hydroxylation sites is 1. The van der Waals surface area contributed by atoms with Crippen molar-refractivity contribution in [2.45, 2.75) is 11.4 Å². The number of hydrogen-bond donors (Lipinski definition) is 2. The number of amides is 1. The van der Waals surface area contributed by atoms with Gasteiger partial charge in [0.15, 0.2) is 0 Å². The Morgan fingerprint density at radius 3 is 2.10 bits per heavy atom. The Kier molecular flexibility index (Phi) is 6.82. The largest absolute Gasteiger partial charge is 0.342 e. The van der Waals surface area contributed by atoms with E-state index in [0.29, 0.717) is 6.54 Å². The molecule has 2 N–H and O–H groups in total. The first kappa shape index (κ1) is 21.8. The average molecular weight is 433 g/mol. The normalized spacial score (nSPS) is 11.4. The molecule has 3 rings (SSSR count). The van der Waals surface area contributed by atoms with E-state index >= 15 is 0 Å². The van der Waals surface area contributed by atoms with Crippen molar-refractivity contribution < 1.29 is 17.8 Å². The number of anilines is 2. The summed E-state index contributed by atoms with van der Waals surface area (Å²) in [6.45, 7) is 0.451. The molecule has 0 aromatic heterocycles. The molecule has 0 fully saturated rings. The summed E-state index contributed by atoms with van der Waals surface area (Å²) in [5.41, 5.74) is 1.97. The highest BCUT2D eigenvalue weighted by Crippen LogP contribution is 2.19. The predicted molar refractivity (Wildman–Crippen MR) is 118 cm³/mol. The zero-order chi connectivity index (χ0) is 22.3. The molecule has 0 bridgehead atoms. The van der Waals surface area contributed by atoms with Gasteiger partial charge in [0.2, 0.25) is 0 Å². The van der Waals surface area contributed by atoms with E-state index in [-0.39, 0.29) is 16.2 Å². The maximum Gasteiger partial charge on any atom is 0.294 e. The van der Waals surface area contributed by atoms with Crippen molar-refractivity contribution in [2.75, 3.05) is 10.2 Å². The molecule has 0 atom stereocenters. The number of nitrogens with zero attached hydrogens (tertiary/aromatic N) is 2. The van der Waals surface area contributed by atoms with Crippen LogP contribution in [0.4, 0.5) is 11.4 Å². The first-order valence-electron chi connectivity index (χ1n) is 9.23. The number of rotatable bonds is 7. The van der Waals surface area contributed by atoms with Gasteiger partial charge in [0.05, 0.1) is 4.90 Å². The summed E-state index contributed by atoms with van der Waals surface area (Å²) >= 11 is 0. The van der Waals surface area contributed by atoms with E-state index in [1.165, 1.54) is 18.3 Å². The van der Waals surface area contributed by atoms with Gasteiger partial charge in [0, 0.05) is 24.1 Å². The van der Waals surface area contributed by atoms with E-state index in [4.69, 9.17) is 4.55 Å². The Labute approximate surface area is 180 Å². The molecule has 0 aliphatic rings. The van der Waals surface area contributed by atoms with Crippen LogP contribution in [0.5, 0.6) is 0 Å². The number of nitrogens with one attached hydrogen (secondary N) is 1. The highest BCUT2D eigenvalue weighted by atomic mass is 32.2. The lowest BCUT2D eigenvalue weighted by Gasteiger charge is -2.21. The lowest BCUT2D eigenvalue weighted by molar-refractivity contribution is -0.112. The van der Waals surface area contributed by atoms with Gasteiger partial charge in [-0.3, -0.25) is 9.35 Å². The van der Waals surface area contributed by atoms with Crippen molar-refractivity contribution in [3.63, 3.8) is 0 Å². The van der Waals surface area contributed by atoms with Crippen LogP contribution in [0.15, 0.2) is 102 Å². The van der Waals surface area contributed by atoms with Crippen molar-refractivity contribution >= 4 is 27.4 Å². The van der Waals surface area contributed by atoms with Crippen LogP contribution in [0.3, 0.4) is 0 Å². The Morgan fingerprint density at radius 1 is 0.968 bits per heavy atom. The molecule has 3 aromatic carbocycles. The summed E-state index contributed by atoms with van der Waals surface area (Å²) in [6.07, 6.45) is 1.48. The lowest BCUT2D eigenvalue weighted by atomic mass is 10.2. The molecule has 0 heterocycles. The highest BCUT2D eigenvalue weighted by molar-refractivity contribution is 7.85. The van der Waals surface area contributed by atoms with E-state index in [2.05, 4.69) is 5.32 Å². The molecule has 0 spiro atoms. The Hall–Kier alpha value is -3.93. The molecule has 0 saturated carbocycles. The summed E-state index contributed by atoms with van der Waals surface area (Å²) < 4.78 is 31.3. The third-order valence-corrected chi connectivity index (χ3v) is 5.21. The van der Waals surface area contributed by atoms with E-state index in [1.54, 1.807) is 4.90 Å². The third kappa shape index (κ3) is 6.02. The Bertz CT molecular complexity index is 1220. The topological polar surface area (TPSA) is 111 Å². The van der Waals surface area contributed by atoms with Gasteiger partial charge in [-0.15, -0.1) is 0 Å². The van der Waals surface area contributed by atoms with Gasteiger partial charge in [-0.05, 0) is 42.0 Å². The van der Waals surface area contributed by atoms with E-state index in [0.717, 1.165) is 23.4 Å². The molecule has 1 amide bonds. The van der Waals surface area contributed by atoms with Crippen molar-refractivity contribution in [2.24, 2.45) is 0 Å². The van der Waals surface area contributed by atoms with E-state index in [1.807, 2.05) is 66.7 Å². The number of carbonyl (C=O) groups excluding carboxylic acids is 1. The van der Waals surface area contributed by atoms with Crippen molar-refractivity contribution in [1.82, 2.24) is 0 Å². The quantitative estimate of drug-likeness (QED) is 0.331. The molecule has 0 aliphatic heterocycles. The van der Waals surface area contributed by atoms with Gasteiger partial charge in [-0.25, -0.2) is 0 Å². The van der Waals surface area contributed by atoms with Gasteiger partial charge in [0.1, 0.15) is 11.6 Å². The maximum absolute atomic E-state index is 12.6. The molecule has 3 aromatic rings. The summed E-state index contributed by atoms with van der Waals surface area (Å²) in [5.74, 6) is -0.643. The summed E-state index contributed by atoms with van der Waals surface area (Å²) in [5, 5.41) is 12.1. The predicted octanol–water partition coefficient (Wildman–Crippen LogP) is 3.99. The minimum Gasteiger partial charge on any atom is -0.342 e. The number of nitriles is 1. The monoisotopic (exact) mass is 433 g/mol. The third-order valence-electron chi connectivity index (χ3n) is 4.34. The van der Waals surface area contributed by atoms with Crippen molar-refractivity contribution in [3.8, 4) is 6.07 Å². The summed E-state index contributed by atoms with van der Waals surface area (Å²) in [4.78, 5) is 14.2. The summed E-state index contributed by atoms with van der Waals surface area (Å²) in [6, 6.07) is 25.9. The molecular formula is C23H19N3O4S. The van der Waals surface area contributed by atoms with Gasteiger partial charge >= 0.3 is 0 Å². The van der Waals surface area contributed by atoms with Gasteiger partial charge in [-0.2, -0.15) is 13.7 Å². The van der Waals surface area contributed by atoms with Crippen LogP contribution in [0.2, 0.25) is 0 Å². The first-order chi connectivity index (χ1) is 14.9. The Balaban J connectivity index is 1.85. The zero-order valence-electron chi connectivity index (χ0n) is 16.3.